The molecule has 0 aliphatic rings. The van der Waals surface area contributed by atoms with Crippen LogP contribution in [0, 0.1) is 0 Å². The predicted molar refractivity (Wildman–Crippen MR) is 69.8 cm³/mol. The number of H-pyrrole nitrogens is 1. The Morgan fingerprint density at radius 1 is 1.33 bits per heavy atom. The SMILES string of the molecule is CCN(Cc1ccccc1)C(=O)Cc1cnc[nH]1. The maximum atomic E-state index is 12.1. The summed E-state index contributed by atoms with van der Waals surface area (Å²) in [7, 11) is 0. The number of benzene rings is 1. The van der Waals surface area contributed by atoms with Crippen LogP contribution in [0.3, 0.4) is 0 Å². The summed E-state index contributed by atoms with van der Waals surface area (Å²) in [6, 6.07) is 10.0. The molecule has 2 rings (SSSR count). The molecule has 0 unspecified atom stereocenters. The molecule has 0 aliphatic heterocycles. The summed E-state index contributed by atoms with van der Waals surface area (Å²) in [6.45, 7) is 3.36. The zero-order valence-corrected chi connectivity index (χ0v) is 10.5. The Hall–Kier alpha value is -2.10. The second-order valence-electron chi connectivity index (χ2n) is 4.15. The number of rotatable bonds is 5. The number of imidazole rings is 1. The van der Waals surface area contributed by atoms with Gasteiger partial charge in [0.25, 0.3) is 0 Å². The van der Waals surface area contributed by atoms with Crippen LogP contribution in [0.15, 0.2) is 42.9 Å². The lowest BCUT2D eigenvalue weighted by Gasteiger charge is -2.20. The second kappa shape index (κ2) is 6.00. The van der Waals surface area contributed by atoms with E-state index in [9.17, 15) is 4.79 Å². The summed E-state index contributed by atoms with van der Waals surface area (Å²) < 4.78 is 0. The van der Waals surface area contributed by atoms with Crippen LogP contribution >= 0.6 is 0 Å². The molecule has 1 N–H and O–H groups in total. The number of carbonyl (C=O) groups is 1. The van der Waals surface area contributed by atoms with Crippen molar-refractivity contribution in [3.63, 3.8) is 0 Å². The Morgan fingerprint density at radius 3 is 2.72 bits per heavy atom. The Morgan fingerprint density at radius 2 is 2.11 bits per heavy atom. The van der Waals surface area contributed by atoms with Crippen molar-refractivity contribution in [2.24, 2.45) is 0 Å². The van der Waals surface area contributed by atoms with E-state index < -0.39 is 0 Å². The molecular formula is C14H17N3O. The van der Waals surface area contributed by atoms with Crippen molar-refractivity contribution < 1.29 is 4.79 Å². The van der Waals surface area contributed by atoms with E-state index in [2.05, 4.69) is 9.97 Å². The van der Waals surface area contributed by atoms with Gasteiger partial charge in [-0.2, -0.15) is 0 Å². The molecule has 0 fully saturated rings. The minimum Gasteiger partial charge on any atom is -0.348 e. The largest absolute Gasteiger partial charge is 0.348 e. The summed E-state index contributed by atoms with van der Waals surface area (Å²) in [5, 5.41) is 0. The molecular weight excluding hydrogens is 226 g/mol. The minimum absolute atomic E-state index is 0.116. The average molecular weight is 243 g/mol. The Labute approximate surface area is 107 Å². The van der Waals surface area contributed by atoms with Crippen LogP contribution < -0.4 is 0 Å². The van der Waals surface area contributed by atoms with E-state index in [0.29, 0.717) is 19.5 Å². The van der Waals surface area contributed by atoms with Crippen molar-refractivity contribution in [3.05, 3.63) is 54.1 Å². The third-order valence-electron chi connectivity index (χ3n) is 2.85. The van der Waals surface area contributed by atoms with Crippen molar-refractivity contribution in [3.8, 4) is 0 Å². The van der Waals surface area contributed by atoms with Crippen molar-refractivity contribution >= 4 is 5.91 Å². The number of hydrogen-bond acceptors (Lipinski definition) is 2. The molecule has 0 radical (unpaired) electrons. The first kappa shape index (κ1) is 12.4. The van der Waals surface area contributed by atoms with Crippen LogP contribution in [0.4, 0.5) is 0 Å². The molecule has 0 saturated carbocycles. The van der Waals surface area contributed by atoms with E-state index in [-0.39, 0.29) is 5.91 Å². The quantitative estimate of drug-likeness (QED) is 0.873. The molecule has 1 aromatic carbocycles. The smallest absolute Gasteiger partial charge is 0.228 e. The molecule has 2 aromatic rings. The van der Waals surface area contributed by atoms with E-state index in [1.54, 1.807) is 12.5 Å². The van der Waals surface area contributed by atoms with E-state index in [4.69, 9.17) is 0 Å². The molecule has 1 heterocycles. The highest BCUT2D eigenvalue weighted by Gasteiger charge is 2.13. The Bertz CT molecular complexity index is 479. The van der Waals surface area contributed by atoms with E-state index in [1.807, 2.05) is 42.2 Å². The molecule has 4 nitrogen and oxygen atoms in total. The van der Waals surface area contributed by atoms with Gasteiger partial charge in [-0.3, -0.25) is 4.79 Å². The van der Waals surface area contributed by atoms with Crippen LogP contribution in [0.1, 0.15) is 18.2 Å². The first-order valence-corrected chi connectivity index (χ1v) is 6.08. The summed E-state index contributed by atoms with van der Waals surface area (Å²) in [5.41, 5.74) is 2.00. The maximum Gasteiger partial charge on any atom is 0.228 e. The number of nitrogens with zero attached hydrogens (tertiary/aromatic N) is 2. The number of aromatic nitrogens is 2. The Kier molecular flexibility index (Phi) is 4.12. The van der Waals surface area contributed by atoms with Gasteiger partial charge in [-0.25, -0.2) is 4.98 Å². The van der Waals surface area contributed by atoms with Crippen LogP contribution in [0.25, 0.3) is 0 Å². The molecule has 4 heteroatoms. The summed E-state index contributed by atoms with van der Waals surface area (Å²) in [6.07, 6.45) is 3.66. The van der Waals surface area contributed by atoms with Gasteiger partial charge in [0.1, 0.15) is 0 Å². The first-order valence-electron chi connectivity index (χ1n) is 6.08. The van der Waals surface area contributed by atoms with Gasteiger partial charge >= 0.3 is 0 Å². The van der Waals surface area contributed by atoms with Crippen LogP contribution in [-0.4, -0.2) is 27.3 Å². The fourth-order valence-electron chi connectivity index (χ4n) is 1.84. The highest BCUT2D eigenvalue weighted by atomic mass is 16.2. The Balaban J connectivity index is 1.98. The summed E-state index contributed by atoms with van der Waals surface area (Å²) >= 11 is 0. The van der Waals surface area contributed by atoms with E-state index >= 15 is 0 Å². The number of hydrogen-bond donors (Lipinski definition) is 1. The number of nitrogens with one attached hydrogen (secondary N) is 1. The highest BCUT2D eigenvalue weighted by Crippen LogP contribution is 2.06. The van der Waals surface area contributed by atoms with Crippen LogP contribution in [0.2, 0.25) is 0 Å². The molecule has 18 heavy (non-hydrogen) atoms. The molecule has 0 saturated heterocycles. The first-order chi connectivity index (χ1) is 8.79. The standard InChI is InChI=1S/C14H17N3O/c1-2-17(10-12-6-4-3-5-7-12)14(18)8-13-9-15-11-16-13/h3-7,9,11H,2,8,10H2,1H3,(H,15,16). The van der Waals surface area contributed by atoms with Gasteiger partial charge < -0.3 is 9.88 Å². The average Bonchev–Trinajstić information content (AvgIpc) is 2.90. The molecule has 1 amide bonds. The van der Waals surface area contributed by atoms with Crippen molar-refractivity contribution in [1.29, 1.82) is 0 Å². The summed E-state index contributed by atoms with van der Waals surface area (Å²) in [5.74, 6) is 0.116. The monoisotopic (exact) mass is 243 g/mol. The van der Waals surface area contributed by atoms with E-state index in [1.165, 1.54) is 0 Å². The normalized spacial score (nSPS) is 10.3. The maximum absolute atomic E-state index is 12.1. The predicted octanol–water partition coefficient (Wildman–Crippen LogP) is 2.00. The van der Waals surface area contributed by atoms with Gasteiger partial charge in [0.15, 0.2) is 0 Å². The van der Waals surface area contributed by atoms with Gasteiger partial charge in [-0.05, 0) is 12.5 Å². The highest BCUT2D eigenvalue weighted by molar-refractivity contribution is 5.78. The molecule has 0 spiro atoms. The zero-order chi connectivity index (χ0) is 12.8. The lowest BCUT2D eigenvalue weighted by Crippen LogP contribution is -2.31. The van der Waals surface area contributed by atoms with Gasteiger partial charge in [-0.1, -0.05) is 30.3 Å². The molecule has 0 atom stereocenters. The second-order valence-corrected chi connectivity index (χ2v) is 4.15. The van der Waals surface area contributed by atoms with Crippen molar-refractivity contribution in [2.45, 2.75) is 19.9 Å². The van der Waals surface area contributed by atoms with Crippen LogP contribution in [-0.2, 0) is 17.8 Å². The molecule has 0 bridgehead atoms. The number of aromatic amines is 1. The third-order valence-corrected chi connectivity index (χ3v) is 2.85. The van der Waals surface area contributed by atoms with Crippen molar-refractivity contribution in [2.75, 3.05) is 6.54 Å². The summed E-state index contributed by atoms with van der Waals surface area (Å²) in [4.78, 5) is 20.8. The van der Waals surface area contributed by atoms with E-state index in [0.717, 1.165) is 11.3 Å². The molecule has 94 valence electrons. The number of carbonyl (C=O) groups excluding carboxylic acids is 1. The lowest BCUT2D eigenvalue weighted by molar-refractivity contribution is -0.130. The van der Waals surface area contributed by atoms with Crippen molar-refractivity contribution in [1.82, 2.24) is 14.9 Å². The fraction of sp³-hybridized carbons (Fsp3) is 0.286. The zero-order valence-electron chi connectivity index (χ0n) is 10.5. The lowest BCUT2D eigenvalue weighted by atomic mass is 10.2. The topological polar surface area (TPSA) is 49.0 Å². The number of amides is 1. The molecule has 0 aliphatic carbocycles. The third kappa shape index (κ3) is 3.20. The van der Waals surface area contributed by atoms with Gasteiger partial charge in [0.2, 0.25) is 5.91 Å². The van der Waals surface area contributed by atoms with Gasteiger partial charge in [-0.15, -0.1) is 0 Å². The van der Waals surface area contributed by atoms with Gasteiger partial charge in [0.05, 0.1) is 12.7 Å². The van der Waals surface area contributed by atoms with Gasteiger partial charge in [0, 0.05) is 25.0 Å². The van der Waals surface area contributed by atoms with Crippen LogP contribution in [0.5, 0.6) is 0 Å². The number of likely N-dealkylation sites (N-methyl/N-ethyl adjacent to an activating group) is 1. The minimum atomic E-state index is 0.116. The fourth-order valence-corrected chi connectivity index (χ4v) is 1.84. The molecule has 1 aromatic heterocycles.